The molecule has 0 aliphatic carbocycles. The summed E-state index contributed by atoms with van der Waals surface area (Å²) in [4.78, 5) is 71.3. The van der Waals surface area contributed by atoms with E-state index >= 15 is 0 Å². The van der Waals surface area contributed by atoms with Crippen LogP contribution < -0.4 is 20.9 Å². The van der Waals surface area contributed by atoms with Crippen LogP contribution in [-0.4, -0.2) is 39.4 Å². The Balaban J connectivity index is 1.35. The summed E-state index contributed by atoms with van der Waals surface area (Å²) in [6.45, 7) is 1.85. The Bertz CT molecular complexity index is 1910. The number of benzene rings is 3. The molecule has 0 aliphatic heterocycles. The minimum atomic E-state index is -1.36. The predicted octanol–water partition coefficient (Wildman–Crippen LogP) is 4.11. The fraction of sp³-hybridized carbons (Fsp3) is 0.118. The van der Waals surface area contributed by atoms with E-state index < -0.39 is 29.4 Å². The fourth-order valence-corrected chi connectivity index (χ4v) is 4.54. The molecule has 3 aromatic carbocycles. The number of hydrazine groups is 1. The molecule has 5 rings (SSSR count). The molecular weight excluding hydrogens is 590 g/mol. The number of aromatic amines is 1. The zero-order chi connectivity index (χ0) is 32.5. The molecule has 12 nitrogen and oxygen atoms in total. The zero-order valence-corrected chi connectivity index (χ0v) is 24.6. The van der Waals surface area contributed by atoms with Crippen molar-refractivity contribution < 1.29 is 28.7 Å². The second kappa shape index (κ2) is 14.4. The van der Waals surface area contributed by atoms with Gasteiger partial charge in [-0.1, -0.05) is 72.8 Å². The van der Waals surface area contributed by atoms with Gasteiger partial charge in [-0.15, -0.1) is 0 Å². The second-order valence-electron chi connectivity index (χ2n) is 10.2. The van der Waals surface area contributed by atoms with Gasteiger partial charge in [-0.25, -0.2) is 9.78 Å². The highest BCUT2D eigenvalue weighted by Crippen LogP contribution is 2.20. The van der Waals surface area contributed by atoms with Crippen LogP contribution in [0.15, 0.2) is 108 Å². The topological polar surface area (TPSA) is 160 Å². The van der Waals surface area contributed by atoms with Gasteiger partial charge in [0.05, 0.1) is 11.9 Å². The van der Waals surface area contributed by atoms with Crippen molar-refractivity contribution in [1.29, 1.82) is 0 Å². The van der Waals surface area contributed by atoms with Gasteiger partial charge in [0.1, 0.15) is 29.6 Å². The van der Waals surface area contributed by atoms with Crippen LogP contribution in [0.25, 0.3) is 11.0 Å². The van der Waals surface area contributed by atoms with Gasteiger partial charge < -0.3 is 19.8 Å². The van der Waals surface area contributed by atoms with Gasteiger partial charge in [-0.05, 0) is 47.9 Å². The molecule has 3 amide bonds. The normalized spacial score (nSPS) is 11.2. The van der Waals surface area contributed by atoms with E-state index in [0.717, 1.165) is 16.1 Å². The number of H-pyrrole nitrogens is 1. The standard InChI is InChI=1S/C34H29N5O7/c1-22-12-17-27-30(41)28(18-35-31(27)36-22)32(42)37-29(33(43)38-39(21-40)19-23-8-4-2-5-9-23)25-13-15-26(16-14-25)46-34(44)45-20-24-10-6-3-7-11-24/h2-18,21,29H,19-20H2,1H3,(H,37,42)(H,38,43)(H,35,36,41). The summed E-state index contributed by atoms with van der Waals surface area (Å²) in [5.41, 5.74) is 4.51. The third kappa shape index (κ3) is 7.80. The monoisotopic (exact) mass is 619 g/mol. The number of carbonyl (C=O) groups excluding carboxylic acids is 4. The highest BCUT2D eigenvalue weighted by atomic mass is 16.7. The molecule has 232 valence electrons. The van der Waals surface area contributed by atoms with E-state index in [1.165, 1.54) is 30.5 Å². The highest BCUT2D eigenvalue weighted by Gasteiger charge is 2.27. The minimum Gasteiger partial charge on any atom is -0.429 e. The molecule has 0 saturated carbocycles. The van der Waals surface area contributed by atoms with Gasteiger partial charge in [0.25, 0.3) is 11.8 Å². The van der Waals surface area contributed by atoms with Gasteiger partial charge >= 0.3 is 6.16 Å². The lowest BCUT2D eigenvalue weighted by Gasteiger charge is -2.24. The molecule has 12 heteroatoms. The van der Waals surface area contributed by atoms with Gasteiger partial charge in [-0.2, -0.15) is 0 Å². The van der Waals surface area contributed by atoms with Gasteiger partial charge in [0, 0.05) is 11.9 Å². The molecule has 3 N–H and O–H groups in total. The molecule has 0 saturated heterocycles. The molecule has 0 spiro atoms. The predicted molar refractivity (Wildman–Crippen MR) is 167 cm³/mol. The van der Waals surface area contributed by atoms with E-state index in [2.05, 4.69) is 20.7 Å². The van der Waals surface area contributed by atoms with E-state index in [-0.39, 0.29) is 35.4 Å². The van der Waals surface area contributed by atoms with Crippen LogP contribution in [0.2, 0.25) is 0 Å². The average Bonchev–Trinajstić information content (AvgIpc) is 3.07. The van der Waals surface area contributed by atoms with Crippen molar-refractivity contribution in [3.8, 4) is 5.75 Å². The minimum absolute atomic E-state index is 0.0197. The molecule has 1 atom stereocenters. The first-order valence-corrected chi connectivity index (χ1v) is 14.2. The van der Waals surface area contributed by atoms with Crippen LogP contribution in [0.3, 0.4) is 0 Å². The van der Waals surface area contributed by atoms with E-state index in [0.29, 0.717) is 17.8 Å². The van der Waals surface area contributed by atoms with Crippen LogP contribution >= 0.6 is 0 Å². The third-order valence-corrected chi connectivity index (χ3v) is 6.85. The number of pyridine rings is 2. The first-order valence-electron chi connectivity index (χ1n) is 14.2. The third-order valence-electron chi connectivity index (χ3n) is 6.85. The number of aryl methyl sites for hydroxylation is 1. The number of aromatic nitrogens is 2. The smallest absolute Gasteiger partial charge is 0.429 e. The maximum atomic E-state index is 13.6. The van der Waals surface area contributed by atoms with Crippen molar-refractivity contribution in [3.63, 3.8) is 0 Å². The quantitative estimate of drug-likeness (QED) is 0.0862. The SMILES string of the molecule is Cc1ccc2c(=O)c(C(=O)NC(C(=O)NN(C=O)Cc3ccccc3)c3ccc(OC(=O)OCc4ccccc4)cc3)c[nH]c2n1. The van der Waals surface area contributed by atoms with Crippen LogP contribution in [0.4, 0.5) is 4.79 Å². The Kier molecular flexibility index (Phi) is 9.78. The molecule has 46 heavy (non-hydrogen) atoms. The fourth-order valence-electron chi connectivity index (χ4n) is 4.54. The maximum Gasteiger partial charge on any atom is 0.514 e. The van der Waals surface area contributed by atoms with Gasteiger partial charge in [-0.3, -0.25) is 29.6 Å². The summed E-state index contributed by atoms with van der Waals surface area (Å²) in [6, 6.07) is 25.7. The van der Waals surface area contributed by atoms with E-state index in [9.17, 15) is 24.0 Å². The van der Waals surface area contributed by atoms with Crippen molar-refractivity contribution in [1.82, 2.24) is 25.7 Å². The lowest BCUT2D eigenvalue weighted by Crippen LogP contribution is -2.48. The Hall–Kier alpha value is -6.30. The number of nitrogens with zero attached hydrogens (tertiary/aromatic N) is 2. The van der Waals surface area contributed by atoms with Crippen molar-refractivity contribution in [2.45, 2.75) is 26.1 Å². The van der Waals surface area contributed by atoms with Crippen LogP contribution in [0.1, 0.15) is 38.8 Å². The molecule has 0 bridgehead atoms. The molecule has 0 radical (unpaired) electrons. The molecule has 0 fully saturated rings. The number of amides is 3. The molecule has 2 aromatic heterocycles. The second-order valence-corrected chi connectivity index (χ2v) is 10.2. The van der Waals surface area contributed by atoms with Crippen LogP contribution in [0.5, 0.6) is 5.75 Å². The first kappa shape index (κ1) is 31.1. The van der Waals surface area contributed by atoms with E-state index in [1.807, 2.05) is 24.3 Å². The summed E-state index contributed by atoms with van der Waals surface area (Å²) in [5, 5.41) is 3.83. The number of carbonyl (C=O) groups is 4. The molecule has 5 aromatic rings. The molecule has 0 aliphatic rings. The Morgan fingerprint density at radius 3 is 2.26 bits per heavy atom. The average molecular weight is 620 g/mol. The molecular formula is C34H29N5O7. The molecule has 2 heterocycles. The van der Waals surface area contributed by atoms with E-state index in [1.54, 1.807) is 55.5 Å². The maximum absolute atomic E-state index is 13.6. The Morgan fingerprint density at radius 2 is 1.59 bits per heavy atom. The number of nitrogens with one attached hydrogen (secondary N) is 3. The lowest BCUT2D eigenvalue weighted by molar-refractivity contribution is -0.135. The highest BCUT2D eigenvalue weighted by molar-refractivity contribution is 5.99. The molecule has 1 unspecified atom stereocenters. The number of fused-ring (bicyclic) bond motifs is 1. The number of rotatable bonds is 11. The van der Waals surface area contributed by atoms with Crippen LogP contribution in [-0.2, 0) is 27.5 Å². The Labute approximate surface area is 263 Å². The Morgan fingerprint density at radius 1 is 0.913 bits per heavy atom. The van der Waals surface area contributed by atoms with E-state index in [4.69, 9.17) is 9.47 Å². The summed E-state index contributed by atoms with van der Waals surface area (Å²) >= 11 is 0. The number of hydrogen-bond acceptors (Lipinski definition) is 8. The zero-order valence-electron chi connectivity index (χ0n) is 24.6. The summed E-state index contributed by atoms with van der Waals surface area (Å²) in [6.07, 6.45) is 0.749. The van der Waals surface area contributed by atoms with Gasteiger partial charge in [0.2, 0.25) is 11.8 Å². The van der Waals surface area contributed by atoms with Crippen molar-refractivity contribution in [3.05, 3.63) is 141 Å². The van der Waals surface area contributed by atoms with Crippen molar-refractivity contribution in [2.75, 3.05) is 0 Å². The first-order chi connectivity index (χ1) is 22.3. The largest absolute Gasteiger partial charge is 0.514 e. The summed E-state index contributed by atoms with van der Waals surface area (Å²) in [7, 11) is 0. The lowest BCUT2D eigenvalue weighted by atomic mass is 10.1. The summed E-state index contributed by atoms with van der Waals surface area (Å²) < 4.78 is 10.4. The van der Waals surface area contributed by atoms with Crippen molar-refractivity contribution >= 4 is 35.4 Å². The number of ether oxygens (including phenoxy) is 2. The summed E-state index contributed by atoms with van der Waals surface area (Å²) in [5.74, 6) is -1.48. The van der Waals surface area contributed by atoms with Crippen LogP contribution in [0, 0.1) is 6.92 Å². The number of hydrogen-bond donors (Lipinski definition) is 3. The van der Waals surface area contributed by atoms with Gasteiger partial charge in [0.15, 0.2) is 0 Å². The van der Waals surface area contributed by atoms with Crippen molar-refractivity contribution in [2.24, 2.45) is 0 Å².